The van der Waals surface area contributed by atoms with Crippen LogP contribution in [0.3, 0.4) is 0 Å². The van der Waals surface area contributed by atoms with E-state index in [1.807, 2.05) is 54.6 Å². The first kappa shape index (κ1) is 17.2. The van der Waals surface area contributed by atoms with Crippen LogP contribution in [0, 0.1) is 10.1 Å². The van der Waals surface area contributed by atoms with E-state index in [1.165, 1.54) is 6.07 Å². The molecule has 6 heteroatoms. The average molecular weight is 383 g/mol. The van der Waals surface area contributed by atoms with Gasteiger partial charge >= 0.3 is 0 Å². The van der Waals surface area contributed by atoms with Crippen LogP contribution in [0.2, 0.25) is 0 Å². The van der Waals surface area contributed by atoms with Gasteiger partial charge in [-0.2, -0.15) is 0 Å². The van der Waals surface area contributed by atoms with Crippen LogP contribution in [0.5, 0.6) is 0 Å². The maximum atomic E-state index is 11.2. The molecule has 29 heavy (non-hydrogen) atoms. The summed E-state index contributed by atoms with van der Waals surface area (Å²) in [7, 11) is 0. The van der Waals surface area contributed by atoms with Crippen LogP contribution >= 0.6 is 0 Å². The Morgan fingerprint density at radius 3 is 2.52 bits per heavy atom. The van der Waals surface area contributed by atoms with Crippen molar-refractivity contribution in [3.05, 3.63) is 88.5 Å². The third kappa shape index (κ3) is 3.04. The summed E-state index contributed by atoms with van der Waals surface area (Å²) in [6.07, 6.45) is 0. The summed E-state index contributed by atoms with van der Waals surface area (Å²) in [6.45, 7) is 1.60. The molecule has 0 atom stereocenters. The Kier molecular flexibility index (Phi) is 4.09. The Balaban J connectivity index is 1.66. The van der Waals surface area contributed by atoms with Crippen LogP contribution in [0.4, 0.5) is 5.69 Å². The zero-order valence-electron chi connectivity index (χ0n) is 15.5. The van der Waals surface area contributed by atoms with E-state index in [4.69, 9.17) is 4.42 Å². The Bertz CT molecular complexity index is 1270. The van der Waals surface area contributed by atoms with E-state index in [0.29, 0.717) is 0 Å². The fourth-order valence-electron chi connectivity index (χ4n) is 3.72. The number of fused-ring (bicyclic) bond motifs is 1. The summed E-state index contributed by atoms with van der Waals surface area (Å²) in [6, 6.07) is 22.4. The number of non-ortho nitro benzene ring substituents is 1. The third-order valence-electron chi connectivity index (χ3n) is 5.05. The lowest BCUT2D eigenvalue weighted by atomic mass is 10.00. The van der Waals surface area contributed by atoms with Crippen molar-refractivity contribution < 1.29 is 9.34 Å². The average Bonchev–Trinajstić information content (AvgIpc) is 3.43. The van der Waals surface area contributed by atoms with Crippen molar-refractivity contribution in [3.8, 4) is 22.5 Å². The highest BCUT2D eigenvalue weighted by atomic mass is 16.6. The molecule has 1 aromatic heterocycles. The van der Waals surface area contributed by atoms with E-state index >= 15 is 0 Å². The number of rotatable bonds is 4. The minimum absolute atomic E-state index is 0.0684. The number of nitro benzene ring substituents is 1. The van der Waals surface area contributed by atoms with E-state index in [2.05, 4.69) is 10.3 Å². The third-order valence-corrected chi connectivity index (χ3v) is 5.05. The number of hydrogen-bond acceptors (Lipinski definition) is 5. The fourth-order valence-corrected chi connectivity index (χ4v) is 3.72. The Hall–Kier alpha value is -3.93. The van der Waals surface area contributed by atoms with Gasteiger partial charge in [-0.3, -0.25) is 15.1 Å². The molecule has 0 radical (unpaired) electrons. The van der Waals surface area contributed by atoms with Crippen molar-refractivity contribution in [2.75, 3.05) is 13.1 Å². The van der Waals surface area contributed by atoms with Gasteiger partial charge in [-0.05, 0) is 23.3 Å². The van der Waals surface area contributed by atoms with Crippen LogP contribution < -0.4 is 5.32 Å². The van der Waals surface area contributed by atoms with Crippen LogP contribution in [0.15, 0.2) is 82.2 Å². The lowest BCUT2D eigenvalue weighted by molar-refractivity contribution is -0.384. The van der Waals surface area contributed by atoms with E-state index in [-0.39, 0.29) is 10.6 Å². The first-order valence-corrected chi connectivity index (χ1v) is 9.36. The molecule has 0 amide bonds. The van der Waals surface area contributed by atoms with Crippen molar-refractivity contribution in [2.24, 2.45) is 4.99 Å². The molecule has 0 unspecified atom stereocenters. The van der Waals surface area contributed by atoms with Gasteiger partial charge in [0.1, 0.15) is 17.2 Å². The molecular formula is C23H17N3O3. The van der Waals surface area contributed by atoms with Gasteiger partial charge in [0.15, 0.2) is 0 Å². The monoisotopic (exact) mass is 383 g/mol. The molecule has 142 valence electrons. The molecule has 0 bridgehead atoms. The summed E-state index contributed by atoms with van der Waals surface area (Å²) in [4.78, 5) is 15.3. The van der Waals surface area contributed by atoms with Crippen molar-refractivity contribution >= 4 is 22.5 Å². The molecule has 3 aromatic carbocycles. The number of hydrogen-bond donors (Lipinski definition) is 1. The number of nitrogens with one attached hydrogen (secondary N) is 1. The number of amidine groups is 1. The lowest BCUT2D eigenvalue weighted by Gasteiger charge is -2.07. The minimum atomic E-state index is -0.379. The van der Waals surface area contributed by atoms with Gasteiger partial charge in [0.05, 0.1) is 11.5 Å². The quantitative estimate of drug-likeness (QED) is 0.396. The highest BCUT2D eigenvalue weighted by Crippen LogP contribution is 2.36. The Morgan fingerprint density at radius 1 is 0.931 bits per heavy atom. The zero-order chi connectivity index (χ0) is 19.8. The Labute approximate surface area is 166 Å². The molecule has 1 aliphatic heterocycles. The highest BCUT2D eigenvalue weighted by molar-refractivity contribution is 6.06. The SMILES string of the molecule is O=[N+]([O-])c1cccc(-c2cccc3oc(-c4ccccc4C4=NCCN4)cc23)c1. The van der Waals surface area contributed by atoms with Crippen LogP contribution in [0.1, 0.15) is 5.56 Å². The van der Waals surface area contributed by atoms with E-state index in [1.54, 1.807) is 12.1 Å². The van der Waals surface area contributed by atoms with Crippen LogP contribution in [-0.2, 0) is 0 Å². The molecule has 0 saturated carbocycles. The van der Waals surface area contributed by atoms with Gasteiger partial charge in [-0.25, -0.2) is 0 Å². The van der Waals surface area contributed by atoms with Crippen molar-refractivity contribution in [1.82, 2.24) is 5.32 Å². The largest absolute Gasteiger partial charge is 0.456 e. The first-order chi connectivity index (χ1) is 14.2. The lowest BCUT2D eigenvalue weighted by Crippen LogP contribution is -2.20. The molecule has 6 nitrogen and oxygen atoms in total. The van der Waals surface area contributed by atoms with Crippen LogP contribution in [0.25, 0.3) is 33.4 Å². The smallest absolute Gasteiger partial charge is 0.270 e. The predicted molar refractivity (Wildman–Crippen MR) is 113 cm³/mol. The zero-order valence-corrected chi connectivity index (χ0v) is 15.5. The normalized spacial score (nSPS) is 13.3. The summed E-state index contributed by atoms with van der Waals surface area (Å²) in [5.74, 6) is 1.62. The molecule has 2 heterocycles. The summed E-state index contributed by atoms with van der Waals surface area (Å²) >= 11 is 0. The molecule has 0 spiro atoms. The van der Waals surface area contributed by atoms with Gasteiger partial charge in [0.2, 0.25) is 0 Å². The fraction of sp³-hybridized carbons (Fsp3) is 0.0870. The molecule has 0 saturated heterocycles. The molecule has 5 rings (SSSR count). The van der Waals surface area contributed by atoms with Gasteiger partial charge in [-0.1, -0.05) is 48.5 Å². The first-order valence-electron chi connectivity index (χ1n) is 9.36. The number of nitro groups is 1. The topological polar surface area (TPSA) is 80.7 Å². The highest BCUT2D eigenvalue weighted by Gasteiger charge is 2.18. The number of furan rings is 1. The van der Waals surface area contributed by atoms with Gasteiger partial charge < -0.3 is 9.73 Å². The van der Waals surface area contributed by atoms with E-state index in [9.17, 15) is 10.1 Å². The summed E-state index contributed by atoms with van der Waals surface area (Å²) in [5.41, 5.74) is 4.45. The standard InChI is InChI=1S/C23H17N3O3/c27-26(28)16-6-3-5-15(13-16)17-9-4-10-21-20(17)14-22(29-21)18-7-1-2-8-19(18)23-24-11-12-25-23/h1-10,13-14H,11-12H2,(H,24,25). The van der Waals surface area contributed by atoms with E-state index < -0.39 is 0 Å². The predicted octanol–water partition coefficient (Wildman–Crippen LogP) is 5.02. The minimum Gasteiger partial charge on any atom is -0.456 e. The second-order valence-corrected chi connectivity index (χ2v) is 6.84. The molecular weight excluding hydrogens is 366 g/mol. The maximum Gasteiger partial charge on any atom is 0.270 e. The van der Waals surface area contributed by atoms with Gasteiger partial charge in [-0.15, -0.1) is 0 Å². The van der Waals surface area contributed by atoms with Crippen molar-refractivity contribution in [1.29, 1.82) is 0 Å². The summed E-state index contributed by atoms with van der Waals surface area (Å²) in [5, 5.41) is 15.4. The molecule has 4 aromatic rings. The van der Waals surface area contributed by atoms with Crippen molar-refractivity contribution in [2.45, 2.75) is 0 Å². The maximum absolute atomic E-state index is 11.2. The van der Waals surface area contributed by atoms with Gasteiger partial charge in [0.25, 0.3) is 5.69 Å². The van der Waals surface area contributed by atoms with Gasteiger partial charge in [0, 0.05) is 35.2 Å². The molecule has 0 aliphatic carbocycles. The Morgan fingerprint density at radius 2 is 1.72 bits per heavy atom. The second-order valence-electron chi connectivity index (χ2n) is 6.84. The van der Waals surface area contributed by atoms with E-state index in [0.717, 1.165) is 57.9 Å². The number of nitrogens with zero attached hydrogens (tertiary/aromatic N) is 2. The number of benzene rings is 3. The molecule has 1 N–H and O–H groups in total. The second kappa shape index (κ2) is 6.91. The molecule has 0 fully saturated rings. The molecule has 1 aliphatic rings. The summed E-state index contributed by atoms with van der Waals surface area (Å²) < 4.78 is 6.18. The van der Waals surface area contributed by atoms with Crippen molar-refractivity contribution in [3.63, 3.8) is 0 Å². The number of aliphatic imine (C=N–C) groups is 1. The van der Waals surface area contributed by atoms with Crippen LogP contribution in [-0.4, -0.2) is 23.8 Å².